The second-order valence-corrected chi connectivity index (χ2v) is 6.43. The van der Waals surface area contributed by atoms with Gasteiger partial charge in [-0.25, -0.2) is 0 Å². The molecule has 0 bridgehead atoms. The first-order valence-electron chi connectivity index (χ1n) is 8.26. The van der Waals surface area contributed by atoms with Gasteiger partial charge in [0.05, 0.1) is 34.9 Å². The van der Waals surface area contributed by atoms with Crippen molar-refractivity contribution in [3.05, 3.63) is 56.6 Å². The molecule has 0 fully saturated rings. The lowest BCUT2D eigenvalue weighted by Crippen LogP contribution is -2.24. The smallest absolute Gasteiger partial charge is 0.272 e. The highest BCUT2D eigenvalue weighted by Crippen LogP contribution is 2.33. The average Bonchev–Trinajstić information content (AvgIpc) is 2.67. The fourth-order valence-corrected chi connectivity index (χ4v) is 2.70. The fourth-order valence-electron chi connectivity index (χ4n) is 2.42. The van der Waals surface area contributed by atoms with Crippen molar-refractivity contribution in [2.45, 2.75) is 19.5 Å². The van der Waals surface area contributed by atoms with Gasteiger partial charge in [-0.15, -0.1) is 0 Å². The third kappa shape index (κ3) is 5.02. The highest BCUT2D eigenvalue weighted by atomic mass is 35.5. The molecule has 0 heterocycles. The van der Waals surface area contributed by atoms with E-state index in [0.717, 1.165) is 12.1 Å². The second-order valence-electron chi connectivity index (χ2n) is 6.03. The summed E-state index contributed by atoms with van der Waals surface area (Å²) in [5.41, 5.74) is 0.0224. The highest BCUT2D eigenvalue weighted by Gasteiger charge is 2.21. The molecule has 0 aliphatic rings. The molecule has 2 aromatic rings. The van der Waals surface area contributed by atoms with Gasteiger partial charge in [-0.05, 0) is 24.6 Å². The van der Waals surface area contributed by atoms with E-state index in [9.17, 15) is 20.0 Å². The van der Waals surface area contributed by atoms with Crippen LogP contribution in [0.15, 0.2) is 30.3 Å². The summed E-state index contributed by atoms with van der Waals surface area (Å²) in [6, 6.07) is 6.57. The maximum Gasteiger partial charge on any atom is 0.272 e. The number of anilines is 1. The van der Waals surface area contributed by atoms with E-state index in [-0.39, 0.29) is 30.1 Å². The van der Waals surface area contributed by atoms with E-state index < -0.39 is 22.6 Å². The van der Waals surface area contributed by atoms with Gasteiger partial charge in [-0.1, -0.05) is 17.7 Å². The van der Waals surface area contributed by atoms with E-state index in [4.69, 9.17) is 21.4 Å². The van der Waals surface area contributed by atoms with Gasteiger partial charge in [-0.2, -0.15) is 0 Å². The Morgan fingerprint density at radius 1 is 1.36 bits per heavy atom. The Kier molecular flexibility index (Phi) is 7.02. The minimum absolute atomic E-state index is 0.0200. The first-order valence-corrected chi connectivity index (χ1v) is 8.64. The number of aromatic hydroxyl groups is 1. The molecule has 2 rings (SSSR count). The number of phenols is 1. The van der Waals surface area contributed by atoms with Crippen LogP contribution >= 0.6 is 11.6 Å². The normalized spacial score (nSPS) is 11.6. The Balaban J connectivity index is 2.25. The first kappa shape index (κ1) is 21.3. The maximum absolute atomic E-state index is 12.5. The Hall–Kier alpha value is -3.04. The van der Waals surface area contributed by atoms with Crippen molar-refractivity contribution in [3.8, 4) is 11.5 Å². The number of rotatable bonds is 8. The molecule has 0 aliphatic heterocycles. The Bertz CT molecular complexity index is 890. The molecule has 150 valence electrons. The summed E-state index contributed by atoms with van der Waals surface area (Å²) in [6.07, 6.45) is 0. The molecule has 0 aromatic heterocycles. The van der Waals surface area contributed by atoms with Crippen LogP contribution in [0.2, 0.25) is 5.02 Å². The van der Waals surface area contributed by atoms with Crippen LogP contribution in [0, 0.1) is 10.1 Å². The van der Waals surface area contributed by atoms with Crippen LogP contribution in [-0.2, 0) is 6.54 Å². The van der Waals surface area contributed by atoms with Gasteiger partial charge in [0.25, 0.3) is 11.6 Å². The van der Waals surface area contributed by atoms with E-state index in [0.29, 0.717) is 16.3 Å². The zero-order valence-electron chi connectivity index (χ0n) is 15.2. The van der Waals surface area contributed by atoms with Gasteiger partial charge in [0.15, 0.2) is 5.75 Å². The Morgan fingerprint density at radius 3 is 2.64 bits per heavy atom. The number of carbonyl (C=O) groups is 1. The van der Waals surface area contributed by atoms with E-state index in [1.54, 1.807) is 25.1 Å². The molecule has 0 saturated heterocycles. The molecule has 0 aliphatic carbocycles. The number of benzene rings is 2. The van der Waals surface area contributed by atoms with Crippen LogP contribution in [0.4, 0.5) is 11.4 Å². The molecule has 0 radical (unpaired) electrons. The number of nitro benzene ring substituents is 1. The number of hydrogen-bond donors (Lipinski definition) is 4. The average molecular weight is 410 g/mol. The van der Waals surface area contributed by atoms with Crippen molar-refractivity contribution in [3.63, 3.8) is 0 Å². The van der Waals surface area contributed by atoms with Gasteiger partial charge in [0.1, 0.15) is 5.75 Å². The molecular weight excluding hydrogens is 390 g/mol. The maximum atomic E-state index is 12.5. The highest BCUT2D eigenvalue weighted by molar-refractivity contribution is 6.32. The zero-order chi connectivity index (χ0) is 20.8. The summed E-state index contributed by atoms with van der Waals surface area (Å²) in [5, 5.41) is 36.3. The summed E-state index contributed by atoms with van der Waals surface area (Å²) in [6.45, 7) is 1.44. The quantitative estimate of drug-likeness (QED) is 0.299. The van der Waals surface area contributed by atoms with E-state index in [1.165, 1.54) is 7.11 Å². The van der Waals surface area contributed by atoms with E-state index in [2.05, 4.69) is 10.6 Å². The first-order chi connectivity index (χ1) is 13.3. The molecule has 1 unspecified atom stereocenters. The molecule has 10 heteroatoms. The third-order valence-electron chi connectivity index (χ3n) is 3.90. The summed E-state index contributed by atoms with van der Waals surface area (Å²) in [4.78, 5) is 23.0. The summed E-state index contributed by atoms with van der Waals surface area (Å²) >= 11 is 6.04. The number of halogens is 1. The van der Waals surface area contributed by atoms with Gasteiger partial charge >= 0.3 is 0 Å². The minimum atomic E-state index is -0.701. The fraction of sp³-hybridized carbons (Fsp3) is 0.278. The largest absolute Gasteiger partial charge is 0.505 e. The minimum Gasteiger partial charge on any atom is -0.505 e. The van der Waals surface area contributed by atoms with Gasteiger partial charge in [-0.3, -0.25) is 14.9 Å². The van der Waals surface area contributed by atoms with Crippen LogP contribution in [0.3, 0.4) is 0 Å². The molecular formula is C18H20ClN3O6. The number of aliphatic hydroxyl groups excluding tert-OH is 1. The van der Waals surface area contributed by atoms with Crippen molar-refractivity contribution in [1.29, 1.82) is 0 Å². The molecule has 4 N–H and O–H groups in total. The zero-order valence-corrected chi connectivity index (χ0v) is 16.0. The van der Waals surface area contributed by atoms with Crippen LogP contribution in [-0.4, -0.2) is 40.8 Å². The number of nitro groups is 1. The SMILES string of the molecule is COc1ccc(CNC(=O)c2cc([N+](=O)[O-])cc(NC(C)CO)c2O)cc1Cl. The number of hydrogen-bond acceptors (Lipinski definition) is 7. The lowest BCUT2D eigenvalue weighted by atomic mass is 10.1. The summed E-state index contributed by atoms with van der Waals surface area (Å²) < 4.78 is 5.06. The number of amides is 1. The molecule has 1 atom stereocenters. The van der Waals surface area contributed by atoms with Gasteiger partial charge < -0.3 is 25.6 Å². The molecule has 1 amide bonds. The number of carbonyl (C=O) groups excluding carboxylic acids is 1. The lowest BCUT2D eigenvalue weighted by Gasteiger charge is -2.16. The molecule has 0 spiro atoms. The van der Waals surface area contributed by atoms with Crippen LogP contribution in [0.5, 0.6) is 11.5 Å². The number of non-ortho nitro benzene ring substituents is 1. The van der Waals surface area contributed by atoms with Crippen molar-refractivity contribution in [2.75, 3.05) is 19.0 Å². The monoisotopic (exact) mass is 409 g/mol. The lowest BCUT2D eigenvalue weighted by molar-refractivity contribution is -0.384. The number of methoxy groups -OCH3 is 1. The van der Waals surface area contributed by atoms with Gasteiger partial charge in [0.2, 0.25) is 0 Å². The second kappa shape index (κ2) is 9.25. The predicted octanol–water partition coefficient (Wildman–Crippen LogP) is 2.69. The van der Waals surface area contributed by atoms with Crippen molar-refractivity contribution in [1.82, 2.24) is 5.32 Å². The number of nitrogens with one attached hydrogen (secondary N) is 2. The summed E-state index contributed by atoms with van der Waals surface area (Å²) in [5.74, 6) is -0.661. The van der Waals surface area contributed by atoms with E-state index in [1.807, 2.05) is 0 Å². The third-order valence-corrected chi connectivity index (χ3v) is 4.19. The molecule has 0 saturated carbocycles. The topological polar surface area (TPSA) is 134 Å². The number of ether oxygens (including phenoxy) is 1. The van der Waals surface area contributed by atoms with Crippen LogP contribution in [0.25, 0.3) is 0 Å². The van der Waals surface area contributed by atoms with Crippen LogP contribution < -0.4 is 15.4 Å². The number of nitrogens with zero attached hydrogens (tertiary/aromatic N) is 1. The van der Waals surface area contributed by atoms with Crippen molar-refractivity contribution < 1.29 is 24.7 Å². The number of aliphatic hydroxyl groups is 1. The molecule has 28 heavy (non-hydrogen) atoms. The Labute approximate surface area is 166 Å². The predicted molar refractivity (Wildman–Crippen MR) is 104 cm³/mol. The summed E-state index contributed by atoms with van der Waals surface area (Å²) in [7, 11) is 1.48. The standard InChI is InChI=1S/C18H20ClN3O6/c1-10(9-23)21-15-7-12(22(26)27)6-13(17(15)24)18(25)20-8-11-3-4-16(28-2)14(19)5-11/h3-7,10,21,23-24H,8-9H2,1-2H3,(H,20,25). The van der Waals surface area contributed by atoms with E-state index >= 15 is 0 Å². The van der Waals surface area contributed by atoms with Gasteiger partial charge in [0, 0.05) is 24.7 Å². The molecule has 2 aromatic carbocycles. The number of phenolic OH excluding ortho intramolecular Hbond substituents is 1. The van der Waals surface area contributed by atoms with Crippen molar-refractivity contribution >= 4 is 28.9 Å². The van der Waals surface area contributed by atoms with Crippen LogP contribution in [0.1, 0.15) is 22.8 Å². The Morgan fingerprint density at radius 2 is 2.07 bits per heavy atom. The molecule has 9 nitrogen and oxygen atoms in total. The van der Waals surface area contributed by atoms with Crippen molar-refractivity contribution in [2.24, 2.45) is 0 Å².